The van der Waals surface area contributed by atoms with Crippen molar-refractivity contribution in [3.8, 4) is 0 Å². The lowest BCUT2D eigenvalue weighted by atomic mass is 10.3. The van der Waals surface area contributed by atoms with Crippen LogP contribution in [-0.2, 0) is 4.79 Å². The van der Waals surface area contributed by atoms with Crippen molar-refractivity contribution in [3.05, 3.63) is 22.0 Å². The molecule has 1 aromatic heterocycles. The fraction of sp³-hybridized carbons (Fsp3) is 0.429. The Balaban J connectivity index is 3.13. The number of aromatic nitrogens is 2. The second-order valence-corrected chi connectivity index (χ2v) is 2.83. The summed E-state index contributed by atoms with van der Waals surface area (Å²) in [5.74, 6) is -1.08. The summed E-state index contributed by atoms with van der Waals surface area (Å²) in [5, 5.41) is 22.8. The molecule has 0 aliphatic rings. The number of carboxylic acid groups (broad SMARTS) is 1. The van der Waals surface area contributed by atoms with Crippen molar-refractivity contribution in [2.24, 2.45) is 0 Å². The summed E-state index contributed by atoms with van der Waals surface area (Å²) in [4.78, 5) is 20.4. The fourth-order valence-corrected chi connectivity index (χ4v) is 1.09. The van der Waals surface area contributed by atoms with Gasteiger partial charge in [-0.15, -0.1) is 0 Å². The molecule has 1 aromatic rings. The molecule has 7 heteroatoms. The number of rotatable bonds is 3. The van der Waals surface area contributed by atoms with Gasteiger partial charge in [0, 0.05) is 0 Å². The van der Waals surface area contributed by atoms with E-state index in [9.17, 15) is 14.9 Å². The molecule has 0 radical (unpaired) electrons. The quantitative estimate of drug-likeness (QED) is 0.571. The Morgan fingerprint density at radius 3 is 2.71 bits per heavy atom. The maximum Gasteiger partial charge on any atom is 0.328 e. The summed E-state index contributed by atoms with van der Waals surface area (Å²) in [7, 11) is 0. The van der Waals surface area contributed by atoms with Crippen LogP contribution in [0.3, 0.4) is 0 Å². The molecule has 0 fully saturated rings. The highest BCUT2D eigenvalue weighted by Gasteiger charge is 2.22. The van der Waals surface area contributed by atoms with Gasteiger partial charge in [-0.25, -0.2) is 9.48 Å². The molecule has 1 N–H and O–H groups in total. The summed E-state index contributed by atoms with van der Waals surface area (Å²) in [6.45, 7) is 2.87. The van der Waals surface area contributed by atoms with Gasteiger partial charge in [-0.05, 0) is 13.8 Å². The number of hydrogen-bond acceptors (Lipinski definition) is 4. The van der Waals surface area contributed by atoms with Crippen LogP contribution in [0.2, 0.25) is 0 Å². The van der Waals surface area contributed by atoms with E-state index in [1.165, 1.54) is 13.8 Å². The molecule has 14 heavy (non-hydrogen) atoms. The molecule has 0 saturated heterocycles. The molecule has 1 rings (SSSR count). The highest BCUT2D eigenvalue weighted by atomic mass is 16.6. The summed E-state index contributed by atoms with van der Waals surface area (Å²) in [6.07, 6.45) is 1.05. The van der Waals surface area contributed by atoms with Gasteiger partial charge in [-0.2, -0.15) is 5.10 Å². The van der Waals surface area contributed by atoms with E-state index in [1.54, 1.807) is 0 Å². The zero-order valence-corrected chi connectivity index (χ0v) is 7.67. The van der Waals surface area contributed by atoms with Crippen molar-refractivity contribution in [2.75, 3.05) is 0 Å². The van der Waals surface area contributed by atoms with Gasteiger partial charge in [0.25, 0.3) is 0 Å². The van der Waals surface area contributed by atoms with Gasteiger partial charge in [-0.1, -0.05) is 0 Å². The van der Waals surface area contributed by atoms with Gasteiger partial charge in [-0.3, -0.25) is 10.1 Å². The second-order valence-electron chi connectivity index (χ2n) is 2.83. The molecule has 0 aliphatic heterocycles. The molecule has 1 atom stereocenters. The van der Waals surface area contributed by atoms with E-state index >= 15 is 0 Å². The minimum atomic E-state index is -1.08. The van der Waals surface area contributed by atoms with Gasteiger partial charge in [0.2, 0.25) is 0 Å². The summed E-state index contributed by atoms with van der Waals surface area (Å²) in [6, 6.07) is -0.899. The van der Waals surface area contributed by atoms with Crippen molar-refractivity contribution in [1.82, 2.24) is 9.78 Å². The number of hydrogen-bond donors (Lipinski definition) is 1. The lowest BCUT2D eigenvalue weighted by Gasteiger charge is -2.07. The van der Waals surface area contributed by atoms with Crippen LogP contribution in [0, 0.1) is 17.0 Å². The summed E-state index contributed by atoms with van der Waals surface area (Å²) in [5.41, 5.74) is 0.0722. The monoisotopic (exact) mass is 199 g/mol. The Morgan fingerprint density at radius 2 is 2.36 bits per heavy atom. The smallest absolute Gasteiger partial charge is 0.328 e. The number of nitro groups is 1. The Hall–Kier alpha value is -1.92. The number of aliphatic carboxylic acids is 1. The average molecular weight is 199 g/mol. The number of carboxylic acids is 1. The molecule has 0 aromatic carbocycles. The van der Waals surface area contributed by atoms with Gasteiger partial charge < -0.3 is 5.11 Å². The van der Waals surface area contributed by atoms with E-state index < -0.39 is 16.9 Å². The SMILES string of the molecule is Cc1c([N+](=O)[O-])cnn1C(C)C(=O)O. The normalized spacial score (nSPS) is 12.4. The topological polar surface area (TPSA) is 98.3 Å². The van der Waals surface area contributed by atoms with Crippen LogP contribution in [0.5, 0.6) is 0 Å². The molecule has 0 amide bonds. The van der Waals surface area contributed by atoms with Crippen molar-refractivity contribution >= 4 is 11.7 Å². The zero-order valence-electron chi connectivity index (χ0n) is 7.67. The van der Waals surface area contributed by atoms with Crippen molar-refractivity contribution in [2.45, 2.75) is 19.9 Å². The molecule has 0 aliphatic carbocycles. The van der Waals surface area contributed by atoms with E-state index in [0.717, 1.165) is 10.9 Å². The molecule has 76 valence electrons. The van der Waals surface area contributed by atoms with Crippen molar-refractivity contribution in [3.63, 3.8) is 0 Å². The van der Waals surface area contributed by atoms with E-state index in [4.69, 9.17) is 5.11 Å². The molecule has 1 heterocycles. The lowest BCUT2D eigenvalue weighted by Crippen LogP contribution is -2.17. The maximum atomic E-state index is 10.6. The third-order valence-electron chi connectivity index (χ3n) is 1.94. The van der Waals surface area contributed by atoms with Gasteiger partial charge in [0.1, 0.15) is 17.9 Å². The minimum Gasteiger partial charge on any atom is -0.480 e. The van der Waals surface area contributed by atoms with Crippen LogP contribution < -0.4 is 0 Å². The van der Waals surface area contributed by atoms with E-state index in [-0.39, 0.29) is 11.4 Å². The first-order valence-electron chi connectivity index (χ1n) is 3.86. The highest BCUT2D eigenvalue weighted by Crippen LogP contribution is 2.19. The Morgan fingerprint density at radius 1 is 1.79 bits per heavy atom. The van der Waals surface area contributed by atoms with Gasteiger partial charge in [0.05, 0.1) is 4.92 Å². The van der Waals surface area contributed by atoms with Gasteiger partial charge >= 0.3 is 11.7 Å². The number of nitrogens with zero attached hydrogens (tertiary/aromatic N) is 3. The van der Waals surface area contributed by atoms with Crippen LogP contribution in [0.1, 0.15) is 18.7 Å². The predicted octanol–water partition coefficient (Wildman–Crippen LogP) is 0.745. The first-order chi connectivity index (χ1) is 6.45. The molecular weight excluding hydrogens is 190 g/mol. The maximum absolute atomic E-state index is 10.6. The first kappa shape index (κ1) is 10.2. The molecule has 7 nitrogen and oxygen atoms in total. The Bertz CT molecular complexity index is 384. The minimum absolute atomic E-state index is 0.168. The van der Waals surface area contributed by atoms with Crippen LogP contribution in [0.25, 0.3) is 0 Å². The molecule has 0 spiro atoms. The summed E-state index contributed by atoms with van der Waals surface area (Å²) >= 11 is 0. The Labute approximate surface area is 79.1 Å². The largest absolute Gasteiger partial charge is 0.480 e. The third kappa shape index (κ3) is 1.56. The third-order valence-corrected chi connectivity index (χ3v) is 1.94. The Kier molecular flexibility index (Phi) is 2.50. The molecule has 0 bridgehead atoms. The number of carbonyl (C=O) groups is 1. The lowest BCUT2D eigenvalue weighted by molar-refractivity contribution is -0.385. The van der Waals surface area contributed by atoms with Crippen LogP contribution in [-0.4, -0.2) is 25.8 Å². The summed E-state index contributed by atoms with van der Waals surface area (Å²) < 4.78 is 1.11. The predicted molar refractivity (Wildman–Crippen MR) is 46.0 cm³/mol. The van der Waals surface area contributed by atoms with Gasteiger partial charge in [0.15, 0.2) is 0 Å². The molecule has 0 saturated carbocycles. The van der Waals surface area contributed by atoms with Crippen LogP contribution in [0.4, 0.5) is 5.69 Å². The van der Waals surface area contributed by atoms with E-state index in [2.05, 4.69) is 5.10 Å². The first-order valence-corrected chi connectivity index (χ1v) is 3.86. The van der Waals surface area contributed by atoms with Crippen molar-refractivity contribution < 1.29 is 14.8 Å². The fourth-order valence-electron chi connectivity index (χ4n) is 1.09. The average Bonchev–Trinajstić information content (AvgIpc) is 2.45. The van der Waals surface area contributed by atoms with E-state index in [1.807, 2.05) is 0 Å². The van der Waals surface area contributed by atoms with Crippen molar-refractivity contribution in [1.29, 1.82) is 0 Å². The molecular formula is C7H9N3O4. The van der Waals surface area contributed by atoms with Crippen LogP contribution in [0.15, 0.2) is 6.20 Å². The standard InChI is InChI=1S/C7H9N3O4/c1-4-6(10(13)14)3-8-9(4)5(2)7(11)12/h3,5H,1-2H3,(H,11,12). The molecule has 1 unspecified atom stereocenters. The zero-order chi connectivity index (χ0) is 10.9. The second kappa shape index (κ2) is 3.44. The highest BCUT2D eigenvalue weighted by molar-refractivity contribution is 5.71. The van der Waals surface area contributed by atoms with E-state index in [0.29, 0.717) is 0 Å². The van der Waals surface area contributed by atoms with Crippen LogP contribution >= 0.6 is 0 Å².